The Kier molecular flexibility index (Phi) is 4.16. The maximum absolute atomic E-state index is 12.2. The van der Waals surface area contributed by atoms with Crippen LogP contribution >= 0.6 is 0 Å². The molecule has 1 aliphatic carbocycles. The number of nitrogens with zero attached hydrogens (tertiary/aromatic N) is 1. The smallest absolute Gasteiger partial charge is 0.396 e. The number of hydrogen-bond donors (Lipinski definition) is 2. The summed E-state index contributed by atoms with van der Waals surface area (Å²) in [5.74, 6) is -1.95. The van der Waals surface area contributed by atoms with Crippen molar-refractivity contribution in [3.63, 3.8) is 0 Å². The van der Waals surface area contributed by atoms with Crippen LogP contribution in [-0.4, -0.2) is 31.0 Å². The highest BCUT2D eigenvalue weighted by Crippen LogP contribution is 2.47. The van der Waals surface area contributed by atoms with Crippen LogP contribution in [0.3, 0.4) is 0 Å². The standard InChI is InChI=1S/C10H15F3N2O/c11-10(12,13)8(5-14)6-15-7-9(1-2-9)3-4-16/h8,15-16H,1-4,6-7H2. The minimum absolute atomic E-state index is 0.0274. The third kappa shape index (κ3) is 3.65. The van der Waals surface area contributed by atoms with E-state index in [1.165, 1.54) is 6.07 Å². The molecule has 1 rings (SSSR count). The van der Waals surface area contributed by atoms with Crippen molar-refractivity contribution < 1.29 is 18.3 Å². The van der Waals surface area contributed by atoms with Gasteiger partial charge in [-0.25, -0.2) is 0 Å². The predicted molar refractivity (Wildman–Crippen MR) is 51.4 cm³/mol. The van der Waals surface area contributed by atoms with Crippen LogP contribution in [0, 0.1) is 22.7 Å². The minimum Gasteiger partial charge on any atom is -0.396 e. The van der Waals surface area contributed by atoms with Gasteiger partial charge in [-0.05, 0) is 24.7 Å². The first-order valence-electron chi connectivity index (χ1n) is 5.21. The summed E-state index contributed by atoms with van der Waals surface area (Å²) in [6, 6.07) is 1.24. The molecule has 0 amide bonds. The number of alkyl halides is 3. The van der Waals surface area contributed by atoms with E-state index in [1.54, 1.807) is 0 Å². The number of aliphatic hydroxyl groups excluding tert-OH is 1. The largest absolute Gasteiger partial charge is 0.405 e. The van der Waals surface area contributed by atoms with Crippen molar-refractivity contribution in [3.8, 4) is 6.07 Å². The Labute approximate surface area is 92.3 Å². The zero-order valence-corrected chi connectivity index (χ0v) is 8.85. The molecule has 0 bridgehead atoms. The Bertz CT molecular complexity index is 268. The first-order valence-corrected chi connectivity index (χ1v) is 5.21. The van der Waals surface area contributed by atoms with E-state index in [1.807, 2.05) is 0 Å². The van der Waals surface area contributed by atoms with Gasteiger partial charge in [0.1, 0.15) is 0 Å². The molecule has 0 aliphatic heterocycles. The fourth-order valence-electron chi connectivity index (χ4n) is 1.65. The van der Waals surface area contributed by atoms with Crippen LogP contribution in [0.25, 0.3) is 0 Å². The van der Waals surface area contributed by atoms with E-state index in [2.05, 4.69) is 5.32 Å². The summed E-state index contributed by atoms with van der Waals surface area (Å²) < 4.78 is 36.6. The van der Waals surface area contributed by atoms with Crippen molar-refractivity contribution in [3.05, 3.63) is 0 Å². The van der Waals surface area contributed by atoms with Crippen molar-refractivity contribution in [1.29, 1.82) is 5.26 Å². The molecule has 3 nitrogen and oxygen atoms in total. The average molecular weight is 236 g/mol. The highest BCUT2D eigenvalue weighted by Gasteiger charge is 2.43. The van der Waals surface area contributed by atoms with Crippen LogP contribution in [0.5, 0.6) is 0 Å². The Balaban J connectivity index is 2.27. The molecule has 1 aliphatic rings. The van der Waals surface area contributed by atoms with Crippen molar-refractivity contribution in [1.82, 2.24) is 5.32 Å². The number of nitriles is 1. The van der Waals surface area contributed by atoms with Gasteiger partial charge in [-0.15, -0.1) is 0 Å². The molecule has 1 atom stereocenters. The van der Waals surface area contributed by atoms with Gasteiger partial charge in [0, 0.05) is 19.7 Å². The van der Waals surface area contributed by atoms with Crippen LogP contribution < -0.4 is 5.32 Å². The molecular weight excluding hydrogens is 221 g/mol. The molecule has 1 saturated carbocycles. The molecule has 6 heteroatoms. The van der Waals surface area contributed by atoms with Gasteiger partial charge in [0.2, 0.25) is 0 Å². The summed E-state index contributed by atoms with van der Waals surface area (Å²) in [4.78, 5) is 0. The maximum atomic E-state index is 12.2. The van der Waals surface area contributed by atoms with Crippen LogP contribution in [0.4, 0.5) is 13.2 Å². The van der Waals surface area contributed by atoms with Gasteiger partial charge >= 0.3 is 6.18 Å². The van der Waals surface area contributed by atoms with E-state index in [-0.39, 0.29) is 18.6 Å². The Morgan fingerprint density at radius 1 is 1.44 bits per heavy atom. The Morgan fingerprint density at radius 2 is 2.06 bits per heavy atom. The average Bonchev–Trinajstić information content (AvgIpc) is 2.92. The highest BCUT2D eigenvalue weighted by molar-refractivity contribution is 4.96. The SMILES string of the molecule is N#CC(CNCC1(CCO)CC1)C(F)(F)F. The van der Waals surface area contributed by atoms with E-state index in [0.29, 0.717) is 13.0 Å². The molecule has 0 heterocycles. The van der Waals surface area contributed by atoms with Crippen LogP contribution in [0.1, 0.15) is 19.3 Å². The fourth-order valence-corrected chi connectivity index (χ4v) is 1.65. The lowest BCUT2D eigenvalue weighted by Crippen LogP contribution is -2.35. The number of aliphatic hydroxyl groups is 1. The van der Waals surface area contributed by atoms with Gasteiger partial charge in [-0.3, -0.25) is 0 Å². The van der Waals surface area contributed by atoms with Crippen molar-refractivity contribution in [2.75, 3.05) is 19.7 Å². The lowest BCUT2D eigenvalue weighted by Gasteiger charge is -2.17. The molecule has 2 N–H and O–H groups in total. The van der Waals surface area contributed by atoms with E-state index in [9.17, 15) is 13.2 Å². The Morgan fingerprint density at radius 3 is 2.44 bits per heavy atom. The van der Waals surface area contributed by atoms with Gasteiger partial charge in [0.05, 0.1) is 6.07 Å². The van der Waals surface area contributed by atoms with Gasteiger partial charge in [0.15, 0.2) is 5.92 Å². The first kappa shape index (κ1) is 13.3. The molecule has 92 valence electrons. The Hall–Kier alpha value is -0.800. The third-order valence-corrected chi connectivity index (χ3v) is 3.00. The van der Waals surface area contributed by atoms with E-state index in [4.69, 9.17) is 10.4 Å². The first-order chi connectivity index (χ1) is 7.43. The van der Waals surface area contributed by atoms with E-state index in [0.717, 1.165) is 12.8 Å². The second kappa shape index (κ2) is 5.02. The summed E-state index contributed by atoms with van der Waals surface area (Å²) in [5.41, 5.74) is -0.0274. The predicted octanol–water partition coefficient (Wildman–Crippen LogP) is 1.44. The van der Waals surface area contributed by atoms with Crippen molar-refractivity contribution in [2.45, 2.75) is 25.4 Å². The second-order valence-corrected chi connectivity index (χ2v) is 4.33. The van der Waals surface area contributed by atoms with Gasteiger partial charge in [-0.1, -0.05) is 0 Å². The normalized spacial score (nSPS) is 20.2. The molecule has 0 spiro atoms. The van der Waals surface area contributed by atoms with Crippen LogP contribution in [0.15, 0.2) is 0 Å². The molecular formula is C10H15F3N2O. The topological polar surface area (TPSA) is 56.0 Å². The van der Waals surface area contributed by atoms with Gasteiger partial charge in [-0.2, -0.15) is 18.4 Å². The van der Waals surface area contributed by atoms with Crippen molar-refractivity contribution in [2.24, 2.45) is 11.3 Å². The van der Waals surface area contributed by atoms with Crippen LogP contribution in [0.2, 0.25) is 0 Å². The molecule has 0 aromatic rings. The molecule has 0 saturated heterocycles. The summed E-state index contributed by atoms with van der Waals surface area (Å²) in [6.45, 7) is 0.137. The number of halogens is 3. The number of hydrogen-bond acceptors (Lipinski definition) is 3. The monoisotopic (exact) mass is 236 g/mol. The van der Waals surface area contributed by atoms with Gasteiger partial charge in [0.25, 0.3) is 0 Å². The summed E-state index contributed by atoms with van der Waals surface area (Å²) >= 11 is 0. The third-order valence-electron chi connectivity index (χ3n) is 3.00. The summed E-state index contributed by atoms with van der Waals surface area (Å²) in [5, 5.41) is 19.8. The van der Waals surface area contributed by atoms with Gasteiger partial charge < -0.3 is 10.4 Å². The maximum Gasteiger partial charge on any atom is 0.405 e. The van der Waals surface area contributed by atoms with E-state index < -0.39 is 12.1 Å². The number of nitrogens with one attached hydrogen (secondary N) is 1. The van der Waals surface area contributed by atoms with Crippen LogP contribution in [-0.2, 0) is 0 Å². The fraction of sp³-hybridized carbons (Fsp3) is 0.900. The quantitative estimate of drug-likeness (QED) is 0.733. The van der Waals surface area contributed by atoms with E-state index >= 15 is 0 Å². The molecule has 1 unspecified atom stereocenters. The summed E-state index contributed by atoms with van der Waals surface area (Å²) in [7, 11) is 0. The summed E-state index contributed by atoms with van der Waals surface area (Å²) in [6.07, 6.45) is -1.98. The highest BCUT2D eigenvalue weighted by atomic mass is 19.4. The zero-order chi connectivity index (χ0) is 12.2. The lowest BCUT2D eigenvalue weighted by molar-refractivity contribution is -0.157. The van der Waals surface area contributed by atoms with Crippen molar-refractivity contribution >= 4 is 0 Å². The minimum atomic E-state index is -4.46. The molecule has 0 aromatic heterocycles. The number of rotatable bonds is 6. The molecule has 16 heavy (non-hydrogen) atoms. The molecule has 1 fully saturated rings. The lowest BCUT2D eigenvalue weighted by atomic mass is 10.0. The second-order valence-electron chi connectivity index (χ2n) is 4.33. The molecule has 0 aromatic carbocycles. The zero-order valence-electron chi connectivity index (χ0n) is 8.85. The molecule has 0 radical (unpaired) electrons.